The maximum Gasteiger partial charge on any atom is 0.0914 e. The highest BCUT2D eigenvalue weighted by atomic mass is 79.9. The first kappa shape index (κ1) is 15.3. The van der Waals surface area contributed by atoms with Crippen LogP contribution in [0.25, 0.3) is 0 Å². The third-order valence-corrected chi connectivity index (χ3v) is 4.72. The monoisotopic (exact) mass is 344 g/mol. The van der Waals surface area contributed by atoms with E-state index in [1.165, 1.54) is 24.6 Å². The zero-order chi connectivity index (χ0) is 13.5. The number of nitrogens with one attached hydrogen (secondary N) is 1. The number of aliphatic hydroxyl groups excluding tert-OH is 1. The Hall–Kier alpha value is -0.0700. The molecule has 0 radical (unpaired) electrons. The Balaban J connectivity index is 1.64. The van der Waals surface area contributed by atoms with E-state index in [0.29, 0.717) is 6.54 Å². The standard InChI is InChI=1S/C14H21BrN2OS/c15-13-3-1-2-12(10-13)14(18)11-16-4-5-17-6-8-19-9-7-17/h1-3,10,14,16,18H,4-9,11H2. The van der Waals surface area contributed by atoms with Crippen LogP contribution in [0.4, 0.5) is 0 Å². The van der Waals surface area contributed by atoms with Gasteiger partial charge in [-0.3, -0.25) is 0 Å². The summed E-state index contributed by atoms with van der Waals surface area (Å²) in [6, 6.07) is 7.85. The second-order valence-electron chi connectivity index (χ2n) is 4.73. The molecule has 1 unspecified atom stereocenters. The molecule has 0 bridgehead atoms. The number of nitrogens with zero attached hydrogens (tertiary/aromatic N) is 1. The fraction of sp³-hybridized carbons (Fsp3) is 0.571. The SMILES string of the molecule is OC(CNCCN1CCSCC1)c1cccc(Br)c1. The van der Waals surface area contributed by atoms with Gasteiger partial charge in [-0.15, -0.1) is 0 Å². The van der Waals surface area contributed by atoms with Crippen molar-refractivity contribution in [1.82, 2.24) is 10.2 Å². The van der Waals surface area contributed by atoms with Crippen molar-refractivity contribution in [2.24, 2.45) is 0 Å². The van der Waals surface area contributed by atoms with Crippen molar-refractivity contribution < 1.29 is 5.11 Å². The Kier molecular flexibility index (Phi) is 6.67. The van der Waals surface area contributed by atoms with E-state index in [4.69, 9.17) is 0 Å². The highest BCUT2D eigenvalue weighted by Gasteiger charge is 2.10. The molecule has 2 N–H and O–H groups in total. The minimum atomic E-state index is -0.436. The number of thioether (sulfide) groups is 1. The predicted molar refractivity (Wildman–Crippen MR) is 85.7 cm³/mol. The number of aliphatic hydroxyl groups is 1. The maximum atomic E-state index is 10.1. The average molecular weight is 345 g/mol. The van der Waals surface area contributed by atoms with Gasteiger partial charge < -0.3 is 15.3 Å². The number of benzene rings is 1. The molecule has 1 aromatic carbocycles. The second-order valence-corrected chi connectivity index (χ2v) is 6.87. The molecule has 1 atom stereocenters. The van der Waals surface area contributed by atoms with Gasteiger partial charge in [0.05, 0.1) is 6.10 Å². The summed E-state index contributed by atoms with van der Waals surface area (Å²) in [6.45, 7) is 5.02. The lowest BCUT2D eigenvalue weighted by molar-refractivity contribution is 0.172. The fourth-order valence-electron chi connectivity index (χ4n) is 2.13. The van der Waals surface area contributed by atoms with Crippen molar-refractivity contribution in [2.75, 3.05) is 44.2 Å². The third-order valence-electron chi connectivity index (χ3n) is 3.28. The van der Waals surface area contributed by atoms with E-state index in [9.17, 15) is 5.11 Å². The minimum Gasteiger partial charge on any atom is -0.387 e. The number of halogens is 1. The molecule has 19 heavy (non-hydrogen) atoms. The summed E-state index contributed by atoms with van der Waals surface area (Å²) in [4.78, 5) is 2.48. The minimum absolute atomic E-state index is 0.436. The maximum absolute atomic E-state index is 10.1. The highest BCUT2D eigenvalue weighted by Crippen LogP contribution is 2.17. The molecule has 5 heteroatoms. The van der Waals surface area contributed by atoms with Crippen LogP contribution >= 0.6 is 27.7 Å². The van der Waals surface area contributed by atoms with Crippen molar-refractivity contribution in [1.29, 1.82) is 0 Å². The summed E-state index contributed by atoms with van der Waals surface area (Å²) in [5, 5.41) is 13.4. The highest BCUT2D eigenvalue weighted by molar-refractivity contribution is 9.10. The Morgan fingerprint density at radius 2 is 2.16 bits per heavy atom. The Bertz CT molecular complexity index is 385. The van der Waals surface area contributed by atoms with E-state index < -0.39 is 6.10 Å². The van der Waals surface area contributed by atoms with Gasteiger partial charge in [0.15, 0.2) is 0 Å². The topological polar surface area (TPSA) is 35.5 Å². The van der Waals surface area contributed by atoms with Crippen LogP contribution in [0.3, 0.4) is 0 Å². The number of hydrogen-bond acceptors (Lipinski definition) is 4. The molecule has 1 aromatic rings. The van der Waals surface area contributed by atoms with Crippen molar-refractivity contribution in [3.05, 3.63) is 34.3 Å². The van der Waals surface area contributed by atoms with Crippen LogP contribution in [0.1, 0.15) is 11.7 Å². The van der Waals surface area contributed by atoms with Crippen molar-refractivity contribution in [3.63, 3.8) is 0 Å². The molecular formula is C14H21BrN2OS. The van der Waals surface area contributed by atoms with Crippen LogP contribution in [-0.2, 0) is 0 Å². The summed E-state index contributed by atoms with van der Waals surface area (Å²) in [5.41, 5.74) is 0.955. The normalized spacial score (nSPS) is 18.4. The zero-order valence-corrected chi connectivity index (χ0v) is 13.4. The quantitative estimate of drug-likeness (QED) is 0.775. The smallest absolute Gasteiger partial charge is 0.0914 e. The van der Waals surface area contributed by atoms with Crippen LogP contribution in [-0.4, -0.2) is 54.2 Å². The molecule has 1 aliphatic heterocycles. The van der Waals surface area contributed by atoms with Crippen LogP contribution in [0, 0.1) is 0 Å². The predicted octanol–water partition coefficient (Wildman–Crippen LogP) is 2.12. The molecule has 1 saturated heterocycles. The van der Waals surface area contributed by atoms with E-state index in [-0.39, 0.29) is 0 Å². The summed E-state index contributed by atoms with van der Waals surface area (Å²) in [5.74, 6) is 2.50. The van der Waals surface area contributed by atoms with Crippen molar-refractivity contribution in [2.45, 2.75) is 6.10 Å². The van der Waals surface area contributed by atoms with Gasteiger partial charge in [0.25, 0.3) is 0 Å². The van der Waals surface area contributed by atoms with Gasteiger partial charge in [0.1, 0.15) is 0 Å². The molecule has 2 rings (SSSR count). The van der Waals surface area contributed by atoms with E-state index in [1.54, 1.807) is 0 Å². The first-order chi connectivity index (χ1) is 9.25. The summed E-state index contributed by atoms with van der Waals surface area (Å²) >= 11 is 5.46. The Morgan fingerprint density at radius 3 is 2.89 bits per heavy atom. The van der Waals surface area contributed by atoms with Crippen LogP contribution in [0.15, 0.2) is 28.7 Å². The molecule has 0 saturated carbocycles. The lowest BCUT2D eigenvalue weighted by atomic mass is 10.1. The van der Waals surface area contributed by atoms with Crippen LogP contribution in [0.5, 0.6) is 0 Å². The van der Waals surface area contributed by atoms with Gasteiger partial charge in [0, 0.05) is 48.7 Å². The lowest BCUT2D eigenvalue weighted by Crippen LogP contribution is -2.38. The molecule has 0 aromatic heterocycles. The van der Waals surface area contributed by atoms with Gasteiger partial charge in [-0.2, -0.15) is 11.8 Å². The molecule has 0 spiro atoms. The molecular weight excluding hydrogens is 324 g/mol. The van der Waals surface area contributed by atoms with Gasteiger partial charge in [-0.05, 0) is 17.7 Å². The van der Waals surface area contributed by atoms with Gasteiger partial charge in [-0.25, -0.2) is 0 Å². The molecule has 106 valence electrons. The van der Waals surface area contributed by atoms with E-state index in [0.717, 1.165) is 23.1 Å². The zero-order valence-electron chi connectivity index (χ0n) is 11.0. The van der Waals surface area contributed by atoms with Crippen molar-refractivity contribution in [3.8, 4) is 0 Å². The van der Waals surface area contributed by atoms with Crippen LogP contribution in [0.2, 0.25) is 0 Å². The molecule has 0 amide bonds. The van der Waals surface area contributed by atoms with Crippen LogP contribution < -0.4 is 5.32 Å². The molecule has 3 nitrogen and oxygen atoms in total. The average Bonchev–Trinajstić information content (AvgIpc) is 2.44. The van der Waals surface area contributed by atoms with E-state index in [1.807, 2.05) is 36.0 Å². The summed E-state index contributed by atoms with van der Waals surface area (Å²) in [7, 11) is 0. The van der Waals surface area contributed by atoms with Crippen molar-refractivity contribution >= 4 is 27.7 Å². The van der Waals surface area contributed by atoms with Gasteiger partial charge in [-0.1, -0.05) is 28.1 Å². The molecule has 0 aliphatic carbocycles. The molecule has 1 heterocycles. The Morgan fingerprint density at radius 1 is 1.37 bits per heavy atom. The summed E-state index contributed by atoms with van der Waals surface area (Å²) < 4.78 is 1.01. The fourth-order valence-corrected chi connectivity index (χ4v) is 3.53. The summed E-state index contributed by atoms with van der Waals surface area (Å²) in [6.07, 6.45) is -0.436. The molecule has 1 aliphatic rings. The second kappa shape index (κ2) is 8.27. The first-order valence-corrected chi connectivity index (χ1v) is 8.65. The molecule has 1 fully saturated rings. The third kappa shape index (κ3) is 5.44. The largest absolute Gasteiger partial charge is 0.387 e. The number of hydrogen-bond donors (Lipinski definition) is 2. The first-order valence-electron chi connectivity index (χ1n) is 6.70. The lowest BCUT2D eigenvalue weighted by Gasteiger charge is -2.26. The van der Waals surface area contributed by atoms with E-state index >= 15 is 0 Å². The van der Waals surface area contributed by atoms with E-state index in [2.05, 4.69) is 26.1 Å². The van der Waals surface area contributed by atoms with Gasteiger partial charge in [0.2, 0.25) is 0 Å². The Labute approximate surface area is 127 Å². The van der Waals surface area contributed by atoms with Gasteiger partial charge >= 0.3 is 0 Å². The number of rotatable bonds is 6.